The molecule has 3 rings (SSSR count). The first-order valence-corrected chi connectivity index (χ1v) is 8.01. The Morgan fingerprint density at radius 2 is 1.67 bits per heavy atom. The summed E-state index contributed by atoms with van der Waals surface area (Å²) in [4.78, 5) is 13.4. The zero-order valence-corrected chi connectivity index (χ0v) is 16.1. The van der Waals surface area contributed by atoms with Crippen LogP contribution in [0.15, 0.2) is 48.1 Å². The summed E-state index contributed by atoms with van der Waals surface area (Å²) in [5, 5.41) is 6.17. The fourth-order valence-electron chi connectivity index (χ4n) is 2.17. The summed E-state index contributed by atoms with van der Waals surface area (Å²) in [5.74, 6) is 0.858. The van der Waals surface area contributed by atoms with Crippen LogP contribution < -0.4 is 5.32 Å². The maximum atomic E-state index is 4.60. The third kappa shape index (κ3) is 4.66. The van der Waals surface area contributed by atoms with Crippen molar-refractivity contribution in [3.63, 3.8) is 0 Å². The highest BCUT2D eigenvalue weighted by Gasteiger charge is 2.19. The number of rotatable bonds is 3. The molecule has 0 saturated heterocycles. The Morgan fingerprint density at radius 1 is 0.917 bits per heavy atom. The number of nitrogens with zero attached hydrogens (tertiary/aromatic N) is 3. The van der Waals surface area contributed by atoms with E-state index in [4.69, 9.17) is 0 Å². The molecule has 0 aliphatic heterocycles. The van der Waals surface area contributed by atoms with E-state index >= 15 is 0 Å². The maximum Gasteiger partial charge on any atom is 0.188 e. The highest BCUT2D eigenvalue weighted by Crippen LogP contribution is 2.31. The van der Waals surface area contributed by atoms with E-state index in [2.05, 4.69) is 47.1 Å². The second-order valence-electron chi connectivity index (χ2n) is 6.03. The molecule has 3 heterocycles. The van der Waals surface area contributed by atoms with Gasteiger partial charge in [0.2, 0.25) is 0 Å². The molecule has 0 fully saturated rings. The molecule has 4 nitrogen and oxygen atoms in total. The van der Waals surface area contributed by atoms with Gasteiger partial charge in [0, 0.05) is 23.3 Å². The molecule has 0 unspecified atom stereocenters. The number of anilines is 2. The third-order valence-corrected chi connectivity index (χ3v) is 4.03. The number of thiazole rings is 1. The fraction of sp³-hybridized carbons (Fsp3) is 0.235. The number of hydrogen-bond donors (Lipinski definition) is 1. The predicted octanol–water partition coefficient (Wildman–Crippen LogP) is 5.48. The first-order chi connectivity index (χ1) is 10.5. The number of aromatic nitrogens is 3. The van der Waals surface area contributed by atoms with Gasteiger partial charge in [0.15, 0.2) is 5.13 Å². The molecule has 7 heteroatoms. The number of pyridine rings is 2. The average Bonchev–Trinajstić information content (AvgIpc) is 2.96. The zero-order chi connectivity index (χ0) is 15.6. The van der Waals surface area contributed by atoms with Crippen LogP contribution in [0.2, 0.25) is 0 Å². The van der Waals surface area contributed by atoms with Gasteiger partial charge in [-0.25, -0.2) is 9.97 Å². The van der Waals surface area contributed by atoms with E-state index in [9.17, 15) is 0 Å². The highest BCUT2D eigenvalue weighted by atomic mass is 35.5. The second-order valence-corrected chi connectivity index (χ2v) is 6.89. The summed E-state index contributed by atoms with van der Waals surface area (Å²) >= 11 is 1.56. The van der Waals surface area contributed by atoms with Crippen LogP contribution in [-0.2, 0) is 5.41 Å². The zero-order valence-electron chi connectivity index (χ0n) is 13.7. The third-order valence-electron chi connectivity index (χ3n) is 3.27. The average molecular weight is 383 g/mol. The van der Waals surface area contributed by atoms with Gasteiger partial charge in [-0.1, -0.05) is 32.9 Å². The maximum absolute atomic E-state index is 4.60. The molecule has 0 aromatic carbocycles. The van der Waals surface area contributed by atoms with Gasteiger partial charge < -0.3 is 5.32 Å². The predicted molar refractivity (Wildman–Crippen MR) is 106 cm³/mol. The molecular weight excluding hydrogens is 363 g/mol. The fourth-order valence-corrected chi connectivity index (χ4v) is 2.88. The van der Waals surface area contributed by atoms with Crippen LogP contribution in [0, 0.1) is 0 Å². The Morgan fingerprint density at radius 3 is 2.33 bits per heavy atom. The SMILES string of the molecule is CC(C)(C)c1cccnc1Nc1nc(-c2ccccn2)cs1.Cl.Cl. The smallest absolute Gasteiger partial charge is 0.188 e. The quantitative estimate of drug-likeness (QED) is 0.650. The molecule has 128 valence electrons. The van der Waals surface area contributed by atoms with E-state index < -0.39 is 0 Å². The van der Waals surface area contributed by atoms with Crippen LogP contribution in [0.5, 0.6) is 0 Å². The van der Waals surface area contributed by atoms with Crippen molar-refractivity contribution in [2.45, 2.75) is 26.2 Å². The van der Waals surface area contributed by atoms with Crippen molar-refractivity contribution in [1.82, 2.24) is 15.0 Å². The lowest BCUT2D eigenvalue weighted by atomic mass is 9.87. The lowest BCUT2D eigenvalue weighted by molar-refractivity contribution is 0.590. The normalized spacial score (nSPS) is 10.5. The molecule has 0 aliphatic rings. The van der Waals surface area contributed by atoms with Crippen LogP contribution in [0.4, 0.5) is 10.9 Å². The summed E-state index contributed by atoms with van der Waals surface area (Å²) in [5.41, 5.74) is 2.95. The van der Waals surface area contributed by atoms with Gasteiger partial charge in [-0.2, -0.15) is 0 Å². The van der Waals surface area contributed by atoms with Gasteiger partial charge in [-0.3, -0.25) is 4.98 Å². The number of nitrogens with one attached hydrogen (secondary N) is 1. The van der Waals surface area contributed by atoms with Crippen molar-refractivity contribution in [1.29, 1.82) is 0 Å². The van der Waals surface area contributed by atoms with Gasteiger partial charge in [-0.15, -0.1) is 36.2 Å². The van der Waals surface area contributed by atoms with Gasteiger partial charge in [-0.05, 0) is 23.6 Å². The summed E-state index contributed by atoms with van der Waals surface area (Å²) in [7, 11) is 0. The van der Waals surface area contributed by atoms with Crippen molar-refractivity contribution in [3.05, 3.63) is 53.7 Å². The molecule has 24 heavy (non-hydrogen) atoms. The molecule has 1 N–H and O–H groups in total. The molecule has 0 spiro atoms. The Bertz CT molecular complexity index is 770. The minimum Gasteiger partial charge on any atom is -0.316 e. The molecule has 0 saturated carbocycles. The minimum absolute atomic E-state index is 0. The number of halogens is 2. The minimum atomic E-state index is 0. The summed E-state index contributed by atoms with van der Waals surface area (Å²) < 4.78 is 0. The molecule has 0 atom stereocenters. The van der Waals surface area contributed by atoms with E-state index in [1.165, 1.54) is 5.56 Å². The molecular formula is C17H20Cl2N4S. The topological polar surface area (TPSA) is 50.7 Å². The molecule has 0 amide bonds. The van der Waals surface area contributed by atoms with Crippen molar-refractivity contribution >= 4 is 47.1 Å². The van der Waals surface area contributed by atoms with Crippen LogP contribution in [0.3, 0.4) is 0 Å². The molecule has 0 bridgehead atoms. The Kier molecular flexibility index (Phi) is 7.14. The molecule has 3 aromatic rings. The van der Waals surface area contributed by atoms with Crippen LogP contribution in [-0.4, -0.2) is 15.0 Å². The van der Waals surface area contributed by atoms with Crippen LogP contribution >= 0.6 is 36.2 Å². The van der Waals surface area contributed by atoms with Gasteiger partial charge in [0.05, 0.1) is 5.69 Å². The molecule has 3 aromatic heterocycles. The van der Waals surface area contributed by atoms with Crippen molar-refractivity contribution in [2.24, 2.45) is 0 Å². The van der Waals surface area contributed by atoms with Crippen LogP contribution in [0.1, 0.15) is 26.3 Å². The van der Waals surface area contributed by atoms with Crippen molar-refractivity contribution in [2.75, 3.05) is 5.32 Å². The van der Waals surface area contributed by atoms with Crippen molar-refractivity contribution in [3.8, 4) is 11.4 Å². The summed E-state index contributed by atoms with van der Waals surface area (Å²) in [6.07, 6.45) is 3.57. The van der Waals surface area contributed by atoms with Gasteiger partial charge in [0.25, 0.3) is 0 Å². The van der Waals surface area contributed by atoms with E-state index in [-0.39, 0.29) is 30.2 Å². The first-order valence-electron chi connectivity index (χ1n) is 7.13. The van der Waals surface area contributed by atoms with E-state index in [1.807, 2.05) is 29.6 Å². The first kappa shape index (κ1) is 20.4. The van der Waals surface area contributed by atoms with Gasteiger partial charge >= 0.3 is 0 Å². The monoisotopic (exact) mass is 382 g/mol. The van der Waals surface area contributed by atoms with E-state index in [0.29, 0.717) is 0 Å². The summed E-state index contributed by atoms with van der Waals surface area (Å²) in [6.45, 7) is 6.53. The van der Waals surface area contributed by atoms with E-state index in [0.717, 1.165) is 22.3 Å². The Labute approximate surface area is 158 Å². The lowest BCUT2D eigenvalue weighted by Crippen LogP contribution is -2.14. The highest BCUT2D eigenvalue weighted by molar-refractivity contribution is 7.14. The van der Waals surface area contributed by atoms with Crippen molar-refractivity contribution < 1.29 is 0 Å². The Hall–Kier alpha value is -1.69. The standard InChI is InChI=1S/C17H18N4S.2ClH/c1-17(2,3)12-7-6-10-19-15(12)21-16-20-14(11-22-16)13-8-4-5-9-18-13;;/h4-11H,1-3H3,(H,19,20,21);2*1H. The van der Waals surface area contributed by atoms with E-state index in [1.54, 1.807) is 23.7 Å². The largest absolute Gasteiger partial charge is 0.316 e. The lowest BCUT2D eigenvalue weighted by Gasteiger charge is -2.21. The van der Waals surface area contributed by atoms with Gasteiger partial charge in [0.1, 0.15) is 11.5 Å². The Balaban J connectivity index is 0.00000144. The second kappa shape index (κ2) is 8.42. The summed E-state index contributed by atoms with van der Waals surface area (Å²) in [6, 6.07) is 9.89. The van der Waals surface area contributed by atoms with Crippen LogP contribution in [0.25, 0.3) is 11.4 Å². The number of hydrogen-bond acceptors (Lipinski definition) is 5. The molecule has 0 radical (unpaired) electrons. The molecule has 0 aliphatic carbocycles.